The molecule has 2 aromatic carbocycles. The second-order valence-corrected chi connectivity index (χ2v) is 8.54. The lowest BCUT2D eigenvalue weighted by Gasteiger charge is -2.21. The predicted octanol–water partition coefficient (Wildman–Crippen LogP) is 8.31. The largest absolute Gasteiger partial charge is 0.417 e. The van der Waals surface area contributed by atoms with Gasteiger partial charge in [-0.3, -0.25) is 4.99 Å². The Labute approximate surface area is 220 Å². The summed E-state index contributed by atoms with van der Waals surface area (Å²) in [4.78, 5) is 4.04. The molecule has 37 heavy (non-hydrogen) atoms. The van der Waals surface area contributed by atoms with E-state index in [0.717, 1.165) is 43.5 Å². The monoisotopic (exact) mass is 514 g/mol. The minimum atomic E-state index is -4.47. The van der Waals surface area contributed by atoms with Gasteiger partial charge in [-0.25, -0.2) is 0 Å². The van der Waals surface area contributed by atoms with Crippen molar-refractivity contribution in [3.63, 3.8) is 0 Å². The quantitative estimate of drug-likeness (QED) is 0.393. The van der Waals surface area contributed by atoms with E-state index in [0.29, 0.717) is 30.3 Å². The molecule has 202 valence electrons. The smallest absolute Gasteiger partial charge is 0.381 e. The number of benzene rings is 2. The van der Waals surface area contributed by atoms with Gasteiger partial charge in [-0.2, -0.15) is 13.2 Å². The molecule has 0 atom stereocenters. The van der Waals surface area contributed by atoms with Crippen LogP contribution < -0.4 is 5.32 Å². The Morgan fingerprint density at radius 3 is 2.30 bits per heavy atom. The Kier molecular flexibility index (Phi) is 12.8. The number of ether oxygens (including phenoxy) is 1. The molecule has 0 spiro atoms. The van der Waals surface area contributed by atoms with Crippen LogP contribution >= 0.6 is 0 Å². The van der Waals surface area contributed by atoms with Crippen molar-refractivity contribution in [3.8, 4) is 11.1 Å². The maximum absolute atomic E-state index is 14.2. The van der Waals surface area contributed by atoms with E-state index in [1.165, 1.54) is 17.9 Å². The van der Waals surface area contributed by atoms with E-state index in [1.807, 2.05) is 58.0 Å². The zero-order valence-corrected chi connectivity index (χ0v) is 22.8. The van der Waals surface area contributed by atoms with E-state index in [1.54, 1.807) is 19.2 Å². The summed E-state index contributed by atoms with van der Waals surface area (Å²) in [5.74, 6) is 0.426. The summed E-state index contributed by atoms with van der Waals surface area (Å²) in [6.45, 7) is 11.0. The molecule has 4 rings (SSSR count). The summed E-state index contributed by atoms with van der Waals surface area (Å²) in [6, 6.07) is 12.3. The van der Waals surface area contributed by atoms with Crippen molar-refractivity contribution in [1.29, 1.82) is 0 Å². The number of alkyl halides is 3. The van der Waals surface area contributed by atoms with Crippen LogP contribution in [0.3, 0.4) is 0 Å². The summed E-state index contributed by atoms with van der Waals surface area (Å²) in [5, 5.41) is 3.26. The SMILES string of the molecule is CC.CC.CN=C/C(=C\CC1CCOCC1)c1ccc(-c2cccc(C3=CCNC3)c2)cc1C(F)(F)F. The van der Waals surface area contributed by atoms with Crippen molar-refractivity contribution in [2.75, 3.05) is 33.4 Å². The van der Waals surface area contributed by atoms with E-state index < -0.39 is 11.7 Å². The molecule has 6 heteroatoms. The van der Waals surface area contributed by atoms with Gasteiger partial charge >= 0.3 is 6.18 Å². The first-order valence-corrected chi connectivity index (χ1v) is 13.4. The molecule has 3 nitrogen and oxygen atoms in total. The summed E-state index contributed by atoms with van der Waals surface area (Å²) in [6.07, 6.45) is 3.65. The highest BCUT2D eigenvalue weighted by molar-refractivity contribution is 6.10. The molecule has 2 aliphatic rings. The van der Waals surface area contributed by atoms with E-state index >= 15 is 0 Å². The zero-order chi connectivity index (χ0) is 27.3. The minimum Gasteiger partial charge on any atom is -0.381 e. The molecule has 0 saturated carbocycles. The van der Waals surface area contributed by atoms with Crippen LogP contribution in [0.1, 0.15) is 63.6 Å². The van der Waals surface area contributed by atoms with Gasteiger partial charge in [0.05, 0.1) is 5.56 Å². The van der Waals surface area contributed by atoms with Crippen LogP contribution in [0.4, 0.5) is 13.2 Å². The molecule has 0 aliphatic carbocycles. The zero-order valence-electron chi connectivity index (χ0n) is 22.8. The van der Waals surface area contributed by atoms with Crippen LogP contribution in [0.25, 0.3) is 22.3 Å². The van der Waals surface area contributed by atoms with Crippen LogP contribution in [0.2, 0.25) is 0 Å². The number of hydrogen-bond donors (Lipinski definition) is 1. The summed E-state index contributed by atoms with van der Waals surface area (Å²) in [7, 11) is 1.59. The molecule has 1 N–H and O–H groups in total. The van der Waals surface area contributed by atoms with Gasteiger partial charge in [-0.15, -0.1) is 0 Å². The number of nitrogens with one attached hydrogen (secondary N) is 1. The van der Waals surface area contributed by atoms with Crippen molar-refractivity contribution in [2.24, 2.45) is 10.9 Å². The van der Waals surface area contributed by atoms with Crippen LogP contribution in [0.15, 0.2) is 59.6 Å². The number of rotatable bonds is 6. The second-order valence-electron chi connectivity index (χ2n) is 8.54. The average molecular weight is 515 g/mol. The molecular weight excluding hydrogens is 473 g/mol. The van der Waals surface area contributed by atoms with Gasteiger partial charge in [0.25, 0.3) is 0 Å². The van der Waals surface area contributed by atoms with E-state index in [-0.39, 0.29) is 5.56 Å². The fraction of sp³-hybridized carbons (Fsp3) is 0.452. The third kappa shape index (κ3) is 8.68. The Morgan fingerprint density at radius 2 is 1.68 bits per heavy atom. The molecule has 2 aliphatic heterocycles. The second kappa shape index (κ2) is 15.5. The fourth-order valence-corrected chi connectivity index (χ4v) is 4.45. The number of halogens is 3. The van der Waals surface area contributed by atoms with E-state index in [2.05, 4.69) is 16.4 Å². The predicted molar refractivity (Wildman–Crippen MR) is 151 cm³/mol. The van der Waals surface area contributed by atoms with Crippen molar-refractivity contribution in [3.05, 3.63) is 71.3 Å². The average Bonchev–Trinajstić information content (AvgIpc) is 3.49. The van der Waals surface area contributed by atoms with Gasteiger partial charge in [0, 0.05) is 39.6 Å². The summed E-state index contributed by atoms with van der Waals surface area (Å²) >= 11 is 0. The van der Waals surface area contributed by atoms with Gasteiger partial charge < -0.3 is 10.1 Å². The molecular formula is C31H41F3N2O. The lowest BCUT2D eigenvalue weighted by molar-refractivity contribution is -0.137. The van der Waals surface area contributed by atoms with E-state index in [9.17, 15) is 13.2 Å². The van der Waals surface area contributed by atoms with Crippen molar-refractivity contribution in [2.45, 2.75) is 53.1 Å². The molecule has 0 amide bonds. The molecule has 0 bridgehead atoms. The van der Waals surface area contributed by atoms with Gasteiger partial charge in [0.2, 0.25) is 0 Å². The number of allylic oxidation sites excluding steroid dienone is 2. The molecule has 0 unspecified atom stereocenters. The maximum Gasteiger partial charge on any atom is 0.417 e. The number of aliphatic imine (C=N–C) groups is 1. The van der Waals surface area contributed by atoms with Gasteiger partial charge in [-0.1, -0.05) is 70.2 Å². The Bertz CT molecular complexity index is 1060. The third-order valence-electron chi connectivity index (χ3n) is 6.29. The molecule has 0 aromatic heterocycles. The lowest BCUT2D eigenvalue weighted by Crippen LogP contribution is -2.15. The first-order chi connectivity index (χ1) is 18.0. The molecule has 1 saturated heterocycles. The normalized spacial score (nSPS) is 16.5. The number of nitrogens with zero attached hydrogens (tertiary/aromatic N) is 1. The van der Waals surface area contributed by atoms with Gasteiger partial charge in [0.15, 0.2) is 0 Å². The van der Waals surface area contributed by atoms with Gasteiger partial charge in [-0.05, 0) is 70.7 Å². The van der Waals surface area contributed by atoms with Gasteiger partial charge in [0.1, 0.15) is 0 Å². The highest BCUT2D eigenvalue weighted by atomic mass is 19.4. The van der Waals surface area contributed by atoms with Crippen LogP contribution in [0, 0.1) is 5.92 Å². The highest BCUT2D eigenvalue weighted by Crippen LogP contribution is 2.38. The molecule has 1 fully saturated rings. The fourth-order valence-electron chi connectivity index (χ4n) is 4.45. The van der Waals surface area contributed by atoms with Crippen molar-refractivity contribution < 1.29 is 17.9 Å². The Morgan fingerprint density at radius 1 is 1.00 bits per heavy atom. The van der Waals surface area contributed by atoms with Crippen molar-refractivity contribution in [1.82, 2.24) is 5.32 Å². The third-order valence-corrected chi connectivity index (χ3v) is 6.29. The van der Waals surface area contributed by atoms with E-state index in [4.69, 9.17) is 4.74 Å². The standard InChI is InChI=1S/C27H29F3N2O.2C2H6/c1-31-17-24(6-5-19-10-13-33-14-11-19)25-8-7-22(16-26(25)27(28,29)30)20-3-2-4-21(15-20)23-9-12-32-18-23;2*1-2/h2-4,6-9,15-17,19,32H,5,10-14,18H2,1H3;2*1-2H3/b24-6+,31-17?;;. The maximum atomic E-state index is 14.2. The lowest BCUT2D eigenvalue weighted by atomic mass is 9.91. The first-order valence-electron chi connectivity index (χ1n) is 13.4. The van der Waals surface area contributed by atoms with Crippen LogP contribution in [0.5, 0.6) is 0 Å². The Balaban J connectivity index is 0.00000115. The minimum absolute atomic E-state index is 0.169. The Hall–Kier alpha value is -2.70. The summed E-state index contributed by atoms with van der Waals surface area (Å²) in [5.41, 5.74) is 3.57. The van der Waals surface area contributed by atoms with Crippen LogP contribution in [-0.2, 0) is 10.9 Å². The van der Waals surface area contributed by atoms with Crippen LogP contribution in [-0.4, -0.2) is 39.6 Å². The number of hydrogen-bond acceptors (Lipinski definition) is 3. The highest BCUT2D eigenvalue weighted by Gasteiger charge is 2.34. The van der Waals surface area contributed by atoms with Crippen molar-refractivity contribution >= 4 is 17.4 Å². The molecule has 2 aromatic rings. The molecule has 2 heterocycles. The topological polar surface area (TPSA) is 33.6 Å². The first kappa shape index (κ1) is 30.5. The molecule has 0 radical (unpaired) electrons. The summed E-state index contributed by atoms with van der Waals surface area (Å²) < 4.78 is 47.9.